The minimum Gasteiger partial charge on any atom is -0.459 e. The summed E-state index contributed by atoms with van der Waals surface area (Å²) in [7, 11) is 1.71. The summed E-state index contributed by atoms with van der Waals surface area (Å²) < 4.78 is 6.90. The number of carbonyl (C=O) groups excluding carboxylic acids is 3. The maximum atomic E-state index is 12.6. The summed E-state index contributed by atoms with van der Waals surface area (Å²) in [6, 6.07) is 8.39. The van der Waals surface area contributed by atoms with E-state index in [1.54, 1.807) is 25.6 Å². The number of rotatable bonds is 8. The summed E-state index contributed by atoms with van der Waals surface area (Å²) in [6.07, 6.45) is 0.373. The topological polar surface area (TPSA) is 90.3 Å². The lowest BCUT2D eigenvalue weighted by atomic mass is 10.0. The molecule has 0 spiro atoms. The Balaban J connectivity index is 2.08. The van der Waals surface area contributed by atoms with Gasteiger partial charge in [-0.15, -0.1) is 0 Å². The number of carbonyl (C=O) groups is 3. The molecule has 0 radical (unpaired) electrons. The summed E-state index contributed by atoms with van der Waals surface area (Å²) in [4.78, 5) is 37.6. The van der Waals surface area contributed by atoms with Crippen LogP contribution in [-0.2, 0) is 28.0 Å². The quantitative estimate of drug-likeness (QED) is 0.428. The highest BCUT2D eigenvalue weighted by Gasteiger charge is 2.29. The van der Waals surface area contributed by atoms with E-state index in [-0.39, 0.29) is 18.1 Å². The lowest BCUT2D eigenvalue weighted by molar-refractivity contribution is -0.149. The Kier molecular flexibility index (Phi) is 7.09. The van der Waals surface area contributed by atoms with E-state index in [1.165, 1.54) is 0 Å². The molecule has 0 bridgehead atoms. The zero-order chi connectivity index (χ0) is 20.8. The van der Waals surface area contributed by atoms with Crippen LogP contribution in [0.15, 0.2) is 30.3 Å². The van der Waals surface area contributed by atoms with Gasteiger partial charge in [-0.25, -0.2) is 4.79 Å². The fraction of sp³-hybridized carbons (Fsp3) is 0.429. The molecule has 1 atom stereocenters. The van der Waals surface area contributed by atoms with Gasteiger partial charge in [0.2, 0.25) is 0 Å². The molecular formula is C21H27N3O4. The molecule has 7 heteroatoms. The van der Waals surface area contributed by atoms with Gasteiger partial charge in [0.15, 0.2) is 0 Å². The maximum Gasteiger partial charge on any atom is 0.328 e. The molecule has 2 rings (SSSR count). The Labute approximate surface area is 165 Å². The molecule has 0 aliphatic heterocycles. The molecule has 0 saturated carbocycles. The van der Waals surface area contributed by atoms with Crippen LogP contribution in [0, 0.1) is 19.8 Å². The number of Topliss-reactive ketones (excluding diaryl/α,β-unsaturated/α-hetero) is 1. The molecule has 1 N–H and O–H groups in total. The number of ketones is 1. The van der Waals surface area contributed by atoms with Crippen molar-refractivity contribution in [2.75, 3.05) is 0 Å². The number of amides is 1. The van der Waals surface area contributed by atoms with Crippen LogP contribution < -0.4 is 5.32 Å². The predicted octanol–water partition coefficient (Wildman–Crippen LogP) is 2.49. The van der Waals surface area contributed by atoms with Crippen LogP contribution in [0.3, 0.4) is 0 Å². The number of nitrogens with one attached hydrogen (secondary N) is 1. The molecule has 2 aromatic rings. The van der Waals surface area contributed by atoms with Gasteiger partial charge in [-0.2, -0.15) is 5.10 Å². The van der Waals surface area contributed by atoms with Gasteiger partial charge in [0.1, 0.15) is 12.6 Å². The maximum absolute atomic E-state index is 12.6. The largest absolute Gasteiger partial charge is 0.459 e. The third kappa shape index (κ3) is 5.28. The zero-order valence-corrected chi connectivity index (χ0v) is 17.0. The van der Waals surface area contributed by atoms with Crippen molar-refractivity contribution in [3.05, 3.63) is 52.8 Å². The van der Waals surface area contributed by atoms with Gasteiger partial charge in [-0.1, -0.05) is 44.2 Å². The fourth-order valence-corrected chi connectivity index (χ4v) is 2.95. The predicted molar refractivity (Wildman–Crippen MR) is 105 cm³/mol. The molecule has 28 heavy (non-hydrogen) atoms. The molecule has 1 aromatic heterocycles. The Morgan fingerprint density at radius 2 is 1.79 bits per heavy atom. The molecule has 7 nitrogen and oxygen atoms in total. The first-order valence-corrected chi connectivity index (χ1v) is 9.26. The van der Waals surface area contributed by atoms with Gasteiger partial charge < -0.3 is 10.1 Å². The Morgan fingerprint density at radius 1 is 1.14 bits per heavy atom. The standard InChI is InChI=1S/C21H27N3O4/c1-13(2)11-17(21(27)28-12-16-9-7-6-8-10-16)22-20(26)19(25)18-14(3)23-24(5)15(18)4/h6-10,13,17H,11-12H2,1-5H3,(H,22,26)/t17-/m0/s1. The van der Waals surface area contributed by atoms with E-state index in [4.69, 9.17) is 4.74 Å². The highest BCUT2D eigenvalue weighted by molar-refractivity contribution is 6.43. The van der Waals surface area contributed by atoms with Crippen molar-refractivity contribution in [3.63, 3.8) is 0 Å². The second kappa shape index (κ2) is 9.30. The highest BCUT2D eigenvalue weighted by Crippen LogP contribution is 2.14. The molecule has 1 aromatic carbocycles. The van der Waals surface area contributed by atoms with Crippen molar-refractivity contribution in [1.82, 2.24) is 15.1 Å². The van der Waals surface area contributed by atoms with Crippen molar-refractivity contribution >= 4 is 17.7 Å². The number of esters is 1. The van der Waals surface area contributed by atoms with Crippen LogP contribution in [-0.4, -0.2) is 33.5 Å². The van der Waals surface area contributed by atoms with Crippen LogP contribution in [0.2, 0.25) is 0 Å². The van der Waals surface area contributed by atoms with E-state index in [9.17, 15) is 14.4 Å². The normalized spacial score (nSPS) is 11.9. The SMILES string of the molecule is Cc1nn(C)c(C)c1C(=O)C(=O)N[C@@H](CC(C)C)C(=O)OCc1ccccc1. The minimum atomic E-state index is -0.891. The molecular weight excluding hydrogens is 358 g/mol. The van der Waals surface area contributed by atoms with E-state index in [0.29, 0.717) is 17.8 Å². The van der Waals surface area contributed by atoms with Crippen LogP contribution in [0.1, 0.15) is 47.6 Å². The Bertz CT molecular complexity index is 856. The van der Waals surface area contributed by atoms with E-state index in [1.807, 2.05) is 44.2 Å². The van der Waals surface area contributed by atoms with Gasteiger partial charge in [0, 0.05) is 12.7 Å². The second-order valence-corrected chi connectivity index (χ2v) is 7.25. The van der Waals surface area contributed by atoms with Crippen molar-refractivity contribution in [2.45, 2.75) is 46.8 Å². The molecule has 0 fully saturated rings. The number of benzene rings is 1. The second-order valence-electron chi connectivity index (χ2n) is 7.25. The van der Waals surface area contributed by atoms with Crippen LogP contribution in [0.5, 0.6) is 0 Å². The number of aromatic nitrogens is 2. The first-order valence-electron chi connectivity index (χ1n) is 9.26. The van der Waals surface area contributed by atoms with Gasteiger partial charge in [-0.3, -0.25) is 14.3 Å². The smallest absolute Gasteiger partial charge is 0.328 e. The molecule has 1 heterocycles. The first-order chi connectivity index (χ1) is 13.2. The van der Waals surface area contributed by atoms with Crippen molar-refractivity contribution in [2.24, 2.45) is 13.0 Å². The average Bonchev–Trinajstić information content (AvgIpc) is 2.90. The van der Waals surface area contributed by atoms with Gasteiger partial charge in [0.05, 0.1) is 11.3 Å². The summed E-state index contributed by atoms with van der Waals surface area (Å²) in [5, 5.41) is 6.71. The molecule has 0 aliphatic rings. The van der Waals surface area contributed by atoms with Crippen LogP contribution >= 0.6 is 0 Å². The number of aryl methyl sites for hydroxylation is 2. The average molecular weight is 385 g/mol. The van der Waals surface area contributed by atoms with Gasteiger partial charge in [-0.05, 0) is 31.7 Å². The first kappa shape index (κ1) is 21.3. The number of nitrogens with zero attached hydrogens (tertiary/aromatic N) is 2. The van der Waals surface area contributed by atoms with Gasteiger partial charge >= 0.3 is 5.97 Å². The third-order valence-electron chi connectivity index (χ3n) is 4.46. The third-order valence-corrected chi connectivity index (χ3v) is 4.46. The highest BCUT2D eigenvalue weighted by atomic mass is 16.5. The van der Waals surface area contributed by atoms with E-state index < -0.39 is 23.7 Å². The number of hydrogen-bond donors (Lipinski definition) is 1. The molecule has 0 unspecified atom stereocenters. The van der Waals surface area contributed by atoms with Crippen LogP contribution in [0.4, 0.5) is 0 Å². The number of hydrogen-bond acceptors (Lipinski definition) is 5. The van der Waals surface area contributed by atoms with E-state index in [2.05, 4.69) is 10.4 Å². The van der Waals surface area contributed by atoms with Crippen molar-refractivity contribution in [3.8, 4) is 0 Å². The Hall–Kier alpha value is -2.96. The molecule has 0 aliphatic carbocycles. The summed E-state index contributed by atoms with van der Waals surface area (Å²) in [5.74, 6) is -1.96. The molecule has 150 valence electrons. The fourth-order valence-electron chi connectivity index (χ4n) is 2.95. The minimum absolute atomic E-state index is 0.110. The molecule has 1 amide bonds. The van der Waals surface area contributed by atoms with Crippen molar-refractivity contribution < 1.29 is 19.1 Å². The summed E-state index contributed by atoms with van der Waals surface area (Å²) >= 11 is 0. The van der Waals surface area contributed by atoms with E-state index >= 15 is 0 Å². The monoisotopic (exact) mass is 385 g/mol. The van der Waals surface area contributed by atoms with Crippen molar-refractivity contribution in [1.29, 1.82) is 0 Å². The Morgan fingerprint density at radius 3 is 2.32 bits per heavy atom. The summed E-state index contributed by atoms with van der Waals surface area (Å²) in [5.41, 5.74) is 2.20. The van der Waals surface area contributed by atoms with E-state index in [0.717, 1.165) is 5.56 Å². The molecule has 0 saturated heterocycles. The lowest BCUT2D eigenvalue weighted by Crippen LogP contribution is -2.45. The zero-order valence-electron chi connectivity index (χ0n) is 17.0. The van der Waals surface area contributed by atoms with Crippen LogP contribution in [0.25, 0.3) is 0 Å². The number of ether oxygens (including phenoxy) is 1. The lowest BCUT2D eigenvalue weighted by Gasteiger charge is -2.19. The van der Waals surface area contributed by atoms with Gasteiger partial charge in [0.25, 0.3) is 11.7 Å². The summed E-state index contributed by atoms with van der Waals surface area (Å²) in [6.45, 7) is 7.37.